The molecule has 0 saturated carbocycles. The lowest BCUT2D eigenvalue weighted by atomic mass is 10.0. The molecule has 0 aliphatic heterocycles. The Hall–Kier alpha value is -6.84. The highest BCUT2D eigenvalue weighted by Gasteiger charge is 2.18. The van der Waals surface area contributed by atoms with Crippen LogP contribution in [0.5, 0.6) is 0 Å². The van der Waals surface area contributed by atoms with Crippen molar-refractivity contribution in [1.82, 2.24) is 13.7 Å². The number of para-hydroxylation sites is 4. The lowest BCUT2D eigenvalue weighted by molar-refractivity contribution is 1.16. The van der Waals surface area contributed by atoms with Crippen LogP contribution in [0.3, 0.4) is 0 Å². The zero-order valence-electron chi connectivity index (χ0n) is 28.7. The molecule has 0 unspecified atom stereocenters. The molecule has 0 aliphatic rings. The first-order valence-corrected chi connectivity index (χ1v) is 17.9. The van der Waals surface area contributed by atoms with Crippen LogP contribution < -0.4 is 0 Å². The smallest absolute Gasteiger partial charge is 0.0543 e. The lowest BCUT2D eigenvalue weighted by Crippen LogP contribution is -1.95. The second-order valence-corrected chi connectivity index (χ2v) is 13.9. The number of hydrogen-bond donors (Lipinski definition) is 0. The molecule has 0 fully saturated rings. The largest absolute Gasteiger partial charge is 0.309 e. The normalized spacial score (nSPS) is 11.9. The number of benzene rings is 8. The Morgan fingerprint density at radius 3 is 1.27 bits per heavy atom. The van der Waals surface area contributed by atoms with Gasteiger partial charge in [-0.05, 0) is 109 Å². The summed E-state index contributed by atoms with van der Waals surface area (Å²) in [5.41, 5.74) is 14.5. The van der Waals surface area contributed by atoms with Crippen LogP contribution >= 0.6 is 0 Å². The van der Waals surface area contributed by atoms with Gasteiger partial charge in [-0.2, -0.15) is 0 Å². The Labute approximate surface area is 300 Å². The van der Waals surface area contributed by atoms with Crippen molar-refractivity contribution in [2.75, 3.05) is 0 Å². The lowest BCUT2D eigenvalue weighted by Gasteiger charge is -2.11. The summed E-state index contributed by atoms with van der Waals surface area (Å²) in [6, 6.07) is 66.6. The molecule has 0 atom stereocenters. The Bertz CT molecular complexity index is 3180. The minimum atomic E-state index is 1.16. The molecule has 0 aliphatic carbocycles. The zero-order chi connectivity index (χ0) is 34.3. The fraction of sp³-hybridized carbons (Fsp3) is 0.0204. The number of hydrogen-bond acceptors (Lipinski definition) is 0. The molecule has 52 heavy (non-hydrogen) atoms. The van der Waals surface area contributed by atoms with Crippen LogP contribution in [-0.4, -0.2) is 13.7 Å². The first kappa shape index (κ1) is 28.9. The van der Waals surface area contributed by atoms with E-state index in [0.717, 1.165) is 5.69 Å². The predicted molar refractivity (Wildman–Crippen MR) is 220 cm³/mol. The summed E-state index contributed by atoms with van der Waals surface area (Å²) in [5.74, 6) is 0. The molecule has 0 amide bonds. The van der Waals surface area contributed by atoms with Crippen LogP contribution in [0.1, 0.15) is 5.56 Å². The molecule has 0 bridgehead atoms. The van der Waals surface area contributed by atoms with Gasteiger partial charge >= 0.3 is 0 Å². The van der Waals surface area contributed by atoms with E-state index < -0.39 is 0 Å². The van der Waals surface area contributed by atoms with Crippen molar-refractivity contribution in [2.45, 2.75) is 6.92 Å². The molecule has 0 radical (unpaired) electrons. The Kier molecular flexibility index (Phi) is 6.17. The molecule has 244 valence electrons. The van der Waals surface area contributed by atoms with Gasteiger partial charge in [-0.1, -0.05) is 97.1 Å². The van der Waals surface area contributed by atoms with E-state index in [2.05, 4.69) is 203 Å². The third kappa shape index (κ3) is 4.20. The maximum atomic E-state index is 2.43. The van der Waals surface area contributed by atoms with Gasteiger partial charge in [0.1, 0.15) is 0 Å². The second-order valence-electron chi connectivity index (χ2n) is 13.9. The third-order valence-corrected chi connectivity index (χ3v) is 10.9. The van der Waals surface area contributed by atoms with Crippen molar-refractivity contribution in [3.05, 3.63) is 188 Å². The van der Waals surface area contributed by atoms with E-state index in [0.29, 0.717) is 0 Å². The maximum Gasteiger partial charge on any atom is 0.0543 e. The van der Waals surface area contributed by atoms with Crippen LogP contribution in [-0.2, 0) is 0 Å². The van der Waals surface area contributed by atoms with E-state index in [-0.39, 0.29) is 0 Å². The summed E-state index contributed by atoms with van der Waals surface area (Å²) in [4.78, 5) is 0. The van der Waals surface area contributed by atoms with Crippen molar-refractivity contribution < 1.29 is 0 Å². The summed E-state index contributed by atoms with van der Waals surface area (Å²) >= 11 is 0. The molecule has 11 rings (SSSR count). The average Bonchev–Trinajstić information content (AvgIpc) is 3.83. The highest BCUT2D eigenvalue weighted by atomic mass is 15.0. The van der Waals surface area contributed by atoms with Gasteiger partial charge in [-0.25, -0.2) is 0 Å². The van der Waals surface area contributed by atoms with Gasteiger partial charge in [-0.15, -0.1) is 0 Å². The fourth-order valence-corrected chi connectivity index (χ4v) is 8.55. The number of rotatable bonds is 4. The maximum absolute atomic E-state index is 2.43. The molecular formula is C49H33N3. The SMILES string of the molecule is Cc1ccc2c3cc(-n4c5ccccc5c5cc(-c6ccc7c(c6)c6ccccc6n7-c6ccccc6)ccc54)ccc3n(-c3ccccc3)c2c1. The first-order valence-electron chi connectivity index (χ1n) is 17.9. The summed E-state index contributed by atoms with van der Waals surface area (Å²) in [6.45, 7) is 2.17. The van der Waals surface area contributed by atoms with Crippen LogP contribution in [0, 0.1) is 6.92 Å². The topological polar surface area (TPSA) is 14.8 Å². The number of aryl methyl sites for hydroxylation is 1. The Morgan fingerprint density at radius 2 is 0.692 bits per heavy atom. The third-order valence-electron chi connectivity index (χ3n) is 10.9. The number of aromatic nitrogens is 3. The van der Waals surface area contributed by atoms with Gasteiger partial charge in [0.05, 0.1) is 33.1 Å². The van der Waals surface area contributed by atoms with E-state index in [1.54, 1.807) is 0 Å². The van der Waals surface area contributed by atoms with Crippen molar-refractivity contribution >= 4 is 65.4 Å². The van der Waals surface area contributed by atoms with Crippen molar-refractivity contribution in [3.63, 3.8) is 0 Å². The highest BCUT2D eigenvalue weighted by Crippen LogP contribution is 2.40. The minimum absolute atomic E-state index is 1.16. The quantitative estimate of drug-likeness (QED) is 0.178. The van der Waals surface area contributed by atoms with Gasteiger partial charge in [-0.3, -0.25) is 0 Å². The summed E-state index contributed by atoms with van der Waals surface area (Å²) in [7, 11) is 0. The molecule has 0 N–H and O–H groups in total. The average molecular weight is 664 g/mol. The molecule has 8 aromatic carbocycles. The summed E-state index contributed by atoms with van der Waals surface area (Å²) < 4.78 is 7.21. The standard InChI is InChI=1S/C49H33N3/c1-32-20-24-40-43-31-37(23-27-48(43)51(49(40)28-32)36-14-6-3-7-15-36)52-45-19-11-9-17-39(45)42-30-34(22-26-47(42)52)33-21-25-46-41(29-33)38-16-8-10-18-44(38)50(46)35-12-4-2-5-13-35/h2-31H,1H3. The molecule has 0 saturated heterocycles. The van der Waals surface area contributed by atoms with Gasteiger partial charge in [0.15, 0.2) is 0 Å². The molecule has 3 heteroatoms. The Morgan fingerprint density at radius 1 is 0.269 bits per heavy atom. The predicted octanol–water partition coefficient (Wildman–Crippen LogP) is 13.0. The summed E-state index contributed by atoms with van der Waals surface area (Å²) in [5, 5.41) is 7.55. The van der Waals surface area contributed by atoms with E-state index in [4.69, 9.17) is 0 Å². The zero-order valence-corrected chi connectivity index (χ0v) is 28.7. The molecule has 3 heterocycles. The van der Waals surface area contributed by atoms with Crippen LogP contribution in [0.4, 0.5) is 0 Å². The van der Waals surface area contributed by atoms with E-state index in [1.807, 2.05) is 0 Å². The molecule has 0 spiro atoms. The van der Waals surface area contributed by atoms with Crippen molar-refractivity contribution in [3.8, 4) is 28.2 Å². The molecule has 3 nitrogen and oxygen atoms in total. The fourth-order valence-electron chi connectivity index (χ4n) is 8.55. The molecule has 11 aromatic rings. The van der Waals surface area contributed by atoms with E-state index in [1.165, 1.54) is 93.5 Å². The van der Waals surface area contributed by atoms with Crippen LogP contribution in [0.15, 0.2) is 182 Å². The minimum Gasteiger partial charge on any atom is -0.309 e. The number of fused-ring (bicyclic) bond motifs is 9. The van der Waals surface area contributed by atoms with Gasteiger partial charge in [0.2, 0.25) is 0 Å². The molecule has 3 aromatic heterocycles. The van der Waals surface area contributed by atoms with Gasteiger partial charge in [0, 0.05) is 49.4 Å². The van der Waals surface area contributed by atoms with Gasteiger partial charge < -0.3 is 13.7 Å². The Balaban J connectivity index is 1.10. The van der Waals surface area contributed by atoms with Crippen molar-refractivity contribution in [1.29, 1.82) is 0 Å². The van der Waals surface area contributed by atoms with Gasteiger partial charge in [0.25, 0.3) is 0 Å². The molecular weight excluding hydrogens is 631 g/mol. The van der Waals surface area contributed by atoms with Crippen LogP contribution in [0.25, 0.3) is 93.6 Å². The highest BCUT2D eigenvalue weighted by molar-refractivity contribution is 6.14. The number of nitrogens with zero attached hydrogens (tertiary/aromatic N) is 3. The second kappa shape index (κ2) is 11.1. The monoisotopic (exact) mass is 663 g/mol. The van der Waals surface area contributed by atoms with E-state index >= 15 is 0 Å². The van der Waals surface area contributed by atoms with Crippen molar-refractivity contribution in [2.24, 2.45) is 0 Å². The first-order chi connectivity index (χ1) is 25.7. The van der Waals surface area contributed by atoms with Crippen LogP contribution in [0.2, 0.25) is 0 Å². The van der Waals surface area contributed by atoms with E-state index in [9.17, 15) is 0 Å². The summed E-state index contributed by atoms with van der Waals surface area (Å²) in [6.07, 6.45) is 0.